The first-order valence-corrected chi connectivity index (χ1v) is 13.6. The van der Waals surface area contributed by atoms with Gasteiger partial charge in [0.15, 0.2) is 0 Å². The minimum absolute atomic E-state index is 0.181. The first-order chi connectivity index (χ1) is 14.8. The molecule has 31 heavy (non-hydrogen) atoms. The van der Waals surface area contributed by atoms with E-state index in [9.17, 15) is 5.11 Å². The molecule has 0 aromatic carbocycles. The molecule has 12 atom stereocenters. The molecule has 2 heterocycles. The van der Waals surface area contributed by atoms with Crippen LogP contribution in [0, 0.1) is 45.8 Å². The van der Waals surface area contributed by atoms with Gasteiger partial charge in [0.25, 0.3) is 0 Å². The third-order valence-electron chi connectivity index (χ3n) is 13.1. The third kappa shape index (κ3) is 1.88. The molecule has 3 spiro atoms. The zero-order valence-corrected chi connectivity index (χ0v) is 19.8. The maximum absolute atomic E-state index is 10.3. The number of rotatable bonds is 0. The molecule has 170 valence electrons. The number of fused-ring (bicyclic) bond motifs is 6. The first-order valence-electron chi connectivity index (χ1n) is 13.6. The Morgan fingerprint density at radius 1 is 1.10 bits per heavy atom. The van der Waals surface area contributed by atoms with Crippen LogP contribution in [0.25, 0.3) is 0 Å². The smallest absolute Gasteiger partial charge is 0.0793 e. The van der Waals surface area contributed by atoms with Gasteiger partial charge in [0.2, 0.25) is 0 Å². The van der Waals surface area contributed by atoms with Gasteiger partial charge in [0, 0.05) is 23.9 Å². The van der Waals surface area contributed by atoms with Crippen molar-refractivity contribution >= 4 is 0 Å². The predicted molar refractivity (Wildman–Crippen MR) is 120 cm³/mol. The Labute approximate surface area is 188 Å². The first kappa shape index (κ1) is 19.0. The Bertz CT molecular complexity index is 884. The number of likely N-dealkylation sites (tertiary alicyclic amines) is 1. The van der Waals surface area contributed by atoms with Crippen molar-refractivity contribution in [3.8, 4) is 0 Å². The van der Waals surface area contributed by atoms with Gasteiger partial charge in [-0.15, -0.1) is 0 Å². The van der Waals surface area contributed by atoms with E-state index in [0.717, 1.165) is 36.0 Å². The van der Waals surface area contributed by atoms with Crippen molar-refractivity contribution in [2.75, 3.05) is 13.6 Å². The van der Waals surface area contributed by atoms with Crippen LogP contribution in [0.5, 0.6) is 0 Å². The van der Waals surface area contributed by atoms with Crippen LogP contribution >= 0.6 is 0 Å². The number of nitrogens with zero attached hydrogens (tertiary/aromatic N) is 1. The van der Waals surface area contributed by atoms with Crippen LogP contribution in [-0.2, 0) is 4.74 Å². The lowest BCUT2D eigenvalue weighted by molar-refractivity contribution is -0.211. The average molecular weight is 424 g/mol. The topological polar surface area (TPSA) is 32.7 Å². The highest BCUT2D eigenvalue weighted by Gasteiger charge is 2.91. The minimum Gasteiger partial charge on any atom is -0.389 e. The largest absolute Gasteiger partial charge is 0.389 e. The van der Waals surface area contributed by atoms with Crippen molar-refractivity contribution in [2.45, 2.75) is 102 Å². The summed E-state index contributed by atoms with van der Waals surface area (Å²) in [6, 6.07) is 0.701. The zero-order valence-electron chi connectivity index (χ0n) is 19.8. The van der Waals surface area contributed by atoms with Crippen LogP contribution in [0.15, 0.2) is 11.6 Å². The highest BCUT2D eigenvalue weighted by Crippen LogP contribution is 2.93. The van der Waals surface area contributed by atoms with Crippen molar-refractivity contribution in [1.29, 1.82) is 0 Å². The minimum atomic E-state index is -0.181. The normalized spacial score (nSPS) is 65.7. The number of hydrogen-bond donors (Lipinski definition) is 1. The summed E-state index contributed by atoms with van der Waals surface area (Å²) in [4.78, 5) is 2.69. The van der Waals surface area contributed by atoms with Gasteiger partial charge in [-0.2, -0.15) is 0 Å². The van der Waals surface area contributed by atoms with Gasteiger partial charge in [-0.3, -0.25) is 0 Å². The number of aliphatic hydroxyl groups is 1. The third-order valence-corrected chi connectivity index (χ3v) is 13.1. The van der Waals surface area contributed by atoms with Gasteiger partial charge in [0.1, 0.15) is 0 Å². The Morgan fingerprint density at radius 3 is 2.84 bits per heavy atom. The molecule has 8 rings (SSSR count). The van der Waals surface area contributed by atoms with E-state index < -0.39 is 0 Å². The fourth-order valence-electron chi connectivity index (χ4n) is 12.1. The van der Waals surface area contributed by atoms with Gasteiger partial charge in [0.05, 0.1) is 17.8 Å². The van der Waals surface area contributed by atoms with Crippen LogP contribution in [0.1, 0.15) is 78.1 Å². The summed E-state index contributed by atoms with van der Waals surface area (Å²) in [6.45, 7) is 6.27. The molecule has 7 fully saturated rings. The maximum atomic E-state index is 10.3. The van der Waals surface area contributed by atoms with Crippen LogP contribution in [0.3, 0.4) is 0 Å². The molecule has 0 radical (unpaired) electrons. The number of piperidine rings is 1. The number of aliphatic hydroxyl groups excluding tert-OH is 1. The fourth-order valence-corrected chi connectivity index (χ4v) is 12.1. The number of likely N-dealkylation sites (N-methyl/N-ethyl adjacent to an activating group) is 1. The second kappa shape index (κ2) is 5.47. The van der Waals surface area contributed by atoms with E-state index in [4.69, 9.17) is 4.74 Å². The molecule has 6 aliphatic carbocycles. The average Bonchev–Trinajstić information content (AvgIpc) is 3.19. The predicted octanol–water partition coefficient (Wildman–Crippen LogP) is 4.79. The Kier molecular flexibility index (Phi) is 3.35. The summed E-state index contributed by atoms with van der Waals surface area (Å²) < 4.78 is 7.26. The van der Waals surface area contributed by atoms with Crippen LogP contribution in [0.2, 0.25) is 0 Å². The maximum Gasteiger partial charge on any atom is 0.0793 e. The second-order valence-corrected chi connectivity index (χ2v) is 13.9. The second-order valence-electron chi connectivity index (χ2n) is 13.9. The highest BCUT2D eigenvalue weighted by molar-refractivity contribution is 5.41. The lowest BCUT2D eigenvalue weighted by Gasteiger charge is -2.60. The molecule has 0 amide bonds. The van der Waals surface area contributed by atoms with E-state index in [2.05, 4.69) is 31.9 Å². The van der Waals surface area contributed by atoms with Crippen LogP contribution in [0.4, 0.5) is 0 Å². The lowest BCUT2D eigenvalue weighted by Crippen LogP contribution is -2.64. The van der Waals surface area contributed by atoms with Gasteiger partial charge >= 0.3 is 0 Å². The van der Waals surface area contributed by atoms with E-state index >= 15 is 0 Å². The SMILES string of the molecule is C[C@H]1C[C@H]2O[C@@]34CC[C@H]5[C@@H]6CCC7=C[C@@H](O)CC[C@]7(C)[C@H]6CC56CC63C[C@@H]4[C@@H]2N(C)C1. The molecule has 3 nitrogen and oxygen atoms in total. The summed E-state index contributed by atoms with van der Waals surface area (Å²) in [5, 5.41) is 10.3. The van der Waals surface area contributed by atoms with E-state index in [-0.39, 0.29) is 11.7 Å². The molecule has 0 aromatic rings. The Hall–Kier alpha value is -0.380. The molecular weight excluding hydrogens is 382 g/mol. The van der Waals surface area contributed by atoms with Crippen LogP contribution < -0.4 is 0 Å². The summed E-state index contributed by atoms with van der Waals surface area (Å²) >= 11 is 0. The number of allylic oxidation sites excluding steroid dienone is 1. The van der Waals surface area contributed by atoms with E-state index in [0.29, 0.717) is 28.4 Å². The van der Waals surface area contributed by atoms with Gasteiger partial charge < -0.3 is 14.7 Å². The van der Waals surface area contributed by atoms with Crippen molar-refractivity contribution < 1.29 is 9.84 Å². The Morgan fingerprint density at radius 2 is 1.97 bits per heavy atom. The zero-order chi connectivity index (χ0) is 21.0. The van der Waals surface area contributed by atoms with Crippen LogP contribution in [-0.4, -0.2) is 47.4 Å². The molecule has 0 aromatic heterocycles. The summed E-state index contributed by atoms with van der Waals surface area (Å²) in [5.74, 6) is 4.37. The van der Waals surface area contributed by atoms with Gasteiger partial charge in [-0.05, 0) is 106 Å². The summed E-state index contributed by atoms with van der Waals surface area (Å²) in [6.07, 6.45) is 16.0. The molecule has 2 aliphatic heterocycles. The molecule has 8 aliphatic rings. The highest BCUT2D eigenvalue weighted by atomic mass is 16.5. The summed E-state index contributed by atoms with van der Waals surface area (Å²) in [7, 11) is 2.38. The molecule has 2 unspecified atom stereocenters. The molecular formula is C28H41NO2. The summed E-state index contributed by atoms with van der Waals surface area (Å²) in [5.41, 5.74) is 3.39. The molecule has 3 heteroatoms. The molecule has 1 N–H and O–H groups in total. The standard InChI is InChI=1S/C28H41NO2/c1-16-10-23-24(29(3)14-16)22-13-27-15-26(27)12-21-19(20(26)7-9-28(22,27)31-23)5-4-17-11-18(30)6-8-25(17,21)2/h11,16,18-24,30H,4-10,12-15H2,1-3H3/t16-,18-,19-,20-,21-,22+,23+,24-,25-,26?,27?,28+/m0/s1. The lowest BCUT2D eigenvalue weighted by atomic mass is 9.47. The molecule has 5 saturated carbocycles. The van der Waals surface area contributed by atoms with Gasteiger partial charge in [-0.25, -0.2) is 0 Å². The van der Waals surface area contributed by atoms with Crippen molar-refractivity contribution in [1.82, 2.24) is 4.90 Å². The Balaban J connectivity index is 1.15. The van der Waals surface area contributed by atoms with E-state index in [1.165, 1.54) is 64.3 Å². The quantitative estimate of drug-likeness (QED) is 0.569. The van der Waals surface area contributed by atoms with Crippen molar-refractivity contribution in [3.05, 3.63) is 11.6 Å². The molecule has 2 saturated heterocycles. The van der Waals surface area contributed by atoms with Gasteiger partial charge in [-0.1, -0.05) is 25.5 Å². The van der Waals surface area contributed by atoms with Crippen molar-refractivity contribution in [3.63, 3.8) is 0 Å². The van der Waals surface area contributed by atoms with Crippen molar-refractivity contribution in [2.24, 2.45) is 45.8 Å². The molecule has 0 bridgehead atoms. The number of hydrogen-bond acceptors (Lipinski definition) is 3. The monoisotopic (exact) mass is 423 g/mol. The van der Waals surface area contributed by atoms with E-state index in [1.54, 1.807) is 5.57 Å². The van der Waals surface area contributed by atoms with E-state index in [1.807, 2.05) is 0 Å². The fraction of sp³-hybridized carbons (Fsp3) is 0.929. The number of ether oxygens (including phenoxy) is 1.